The molecular formula is C25H21Cl2N3O6. The van der Waals surface area contributed by atoms with E-state index in [1.54, 1.807) is 49.4 Å². The van der Waals surface area contributed by atoms with Crippen molar-refractivity contribution in [3.05, 3.63) is 81.8 Å². The topological polar surface area (TPSA) is 115 Å². The van der Waals surface area contributed by atoms with Crippen LogP contribution in [-0.4, -0.2) is 37.7 Å². The zero-order chi connectivity index (χ0) is 26.2. The predicted octanol–water partition coefficient (Wildman–Crippen LogP) is 4.71. The van der Waals surface area contributed by atoms with Crippen LogP contribution in [0.1, 0.15) is 22.8 Å². The predicted molar refractivity (Wildman–Crippen MR) is 136 cm³/mol. The van der Waals surface area contributed by atoms with Crippen molar-refractivity contribution in [2.45, 2.75) is 6.92 Å². The second kappa shape index (κ2) is 12.1. The molecule has 0 atom stereocenters. The lowest BCUT2D eigenvalue weighted by molar-refractivity contribution is -0.136. The van der Waals surface area contributed by atoms with Crippen LogP contribution in [0.2, 0.25) is 10.0 Å². The Bertz CT molecular complexity index is 1340. The van der Waals surface area contributed by atoms with E-state index >= 15 is 0 Å². The van der Waals surface area contributed by atoms with Crippen molar-refractivity contribution in [3.8, 4) is 17.2 Å². The maximum atomic E-state index is 12.5. The van der Waals surface area contributed by atoms with Crippen LogP contribution in [0.4, 0.5) is 5.69 Å². The third kappa shape index (κ3) is 6.74. The van der Waals surface area contributed by atoms with Gasteiger partial charge in [-0.25, -0.2) is 10.2 Å². The summed E-state index contributed by atoms with van der Waals surface area (Å²) in [5.74, 6) is -1.62. The number of ether oxygens (including phenoxy) is 3. The summed E-state index contributed by atoms with van der Waals surface area (Å²) in [6.45, 7) is 1.61. The van der Waals surface area contributed by atoms with Crippen LogP contribution < -0.4 is 25.0 Å². The van der Waals surface area contributed by atoms with E-state index in [4.69, 9.17) is 37.4 Å². The highest BCUT2D eigenvalue weighted by Gasteiger charge is 2.17. The lowest BCUT2D eigenvalue weighted by atomic mass is 10.1. The fourth-order valence-corrected chi connectivity index (χ4v) is 3.25. The molecule has 0 unspecified atom stereocenters. The standard InChI is InChI=1S/C25H21Cl2N3O6/c1-14(29-30-24(32)23(31)28-20-13-17(26)8-9-19(20)27)15-7-10-21(22(12-15)35-3)36-25(33)16-5-4-6-18(11-16)34-2/h4-13H,1-3H3,(H,28,31)(H,30,32)/b29-14+. The summed E-state index contributed by atoms with van der Waals surface area (Å²) >= 11 is 11.9. The monoisotopic (exact) mass is 529 g/mol. The first-order valence-electron chi connectivity index (χ1n) is 10.4. The van der Waals surface area contributed by atoms with E-state index in [1.807, 2.05) is 0 Å². The number of hydrogen-bond donors (Lipinski definition) is 2. The average molecular weight is 530 g/mol. The fraction of sp³-hybridized carbons (Fsp3) is 0.120. The first-order valence-corrected chi connectivity index (χ1v) is 11.1. The van der Waals surface area contributed by atoms with Crippen molar-refractivity contribution in [1.29, 1.82) is 0 Å². The molecule has 0 heterocycles. The minimum atomic E-state index is -1.01. The van der Waals surface area contributed by atoms with Gasteiger partial charge in [0.15, 0.2) is 11.5 Å². The molecule has 0 aliphatic carbocycles. The summed E-state index contributed by atoms with van der Waals surface area (Å²) in [4.78, 5) is 36.8. The SMILES string of the molecule is COc1cccc(C(=O)Oc2ccc(/C(C)=N/NC(=O)C(=O)Nc3cc(Cl)ccc3Cl)cc2OC)c1. The number of nitrogens with one attached hydrogen (secondary N) is 2. The third-order valence-corrected chi connectivity index (χ3v) is 5.36. The minimum Gasteiger partial charge on any atom is -0.497 e. The van der Waals surface area contributed by atoms with Crippen molar-refractivity contribution in [1.82, 2.24) is 5.43 Å². The smallest absolute Gasteiger partial charge is 0.343 e. The quantitative estimate of drug-likeness (QED) is 0.150. The molecule has 3 aromatic carbocycles. The highest BCUT2D eigenvalue weighted by molar-refractivity contribution is 6.42. The van der Waals surface area contributed by atoms with Crippen LogP contribution >= 0.6 is 23.2 Å². The molecule has 0 aliphatic heterocycles. The number of nitrogens with zero attached hydrogens (tertiary/aromatic N) is 1. The number of carbonyl (C=O) groups is 3. The van der Waals surface area contributed by atoms with Gasteiger partial charge in [0, 0.05) is 10.6 Å². The van der Waals surface area contributed by atoms with Gasteiger partial charge in [-0.1, -0.05) is 29.3 Å². The van der Waals surface area contributed by atoms with Gasteiger partial charge in [-0.3, -0.25) is 9.59 Å². The highest BCUT2D eigenvalue weighted by atomic mass is 35.5. The summed E-state index contributed by atoms with van der Waals surface area (Å²) in [6, 6.07) is 15.7. The van der Waals surface area contributed by atoms with E-state index in [0.29, 0.717) is 27.6 Å². The first-order chi connectivity index (χ1) is 17.2. The van der Waals surface area contributed by atoms with Crippen molar-refractivity contribution in [2.75, 3.05) is 19.5 Å². The molecule has 3 aromatic rings. The highest BCUT2D eigenvalue weighted by Crippen LogP contribution is 2.29. The van der Waals surface area contributed by atoms with Gasteiger partial charge in [0.05, 0.1) is 36.2 Å². The van der Waals surface area contributed by atoms with Gasteiger partial charge < -0.3 is 19.5 Å². The Morgan fingerprint density at radius 3 is 2.33 bits per heavy atom. The Morgan fingerprint density at radius 2 is 1.61 bits per heavy atom. The summed E-state index contributed by atoms with van der Waals surface area (Å²) in [5.41, 5.74) is 3.58. The normalized spacial score (nSPS) is 10.9. The van der Waals surface area contributed by atoms with Gasteiger partial charge in [-0.05, 0) is 61.5 Å². The van der Waals surface area contributed by atoms with E-state index in [0.717, 1.165) is 0 Å². The van der Waals surface area contributed by atoms with Gasteiger partial charge >= 0.3 is 17.8 Å². The number of benzene rings is 3. The lowest BCUT2D eigenvalue weighted by Gasteiger charge is -2.11. The van der Waals surface area contributed by atoms with E-state index < -0.39 is 17.8 Å². The molecule has 2 N–H and O–H groups in total. The number of esters is 1. The van der Waals surface area contributed by atoms with E-state index in [-0.39, 0.29) is 22.2 Å². The summed E-state index contributed by atoms with van der Waals surface area (Å²) in [6.07, 6.45) is 0. The Morgan fingerprint density at radius 1 is 0.833 bits per heavy atom. The summed E-state index contributed by atoms with van der Waals surface area (Å²) in [5, 5.41) is 6.88. The molecule has 0 saturated heterocycles. The molecule has 0 bridgehead atoms. The molecule has 0 aliphatic rings. The zero-order valence-electron chi connectivity index (χ0n) is 19.4. The number of rotatable bonds is 7. The maximum Gasteiger partial charge on any atom is 0.343 e. The van der Waals surface area contributed by atoms with Crippen molar-refractivity contribution in [2.24, 2.45) is 5.10 Å². The lowest BCUT2D eigenvalue weighted by Crippen LogP contribution is -2.33. The van der Waals surface area contributed by atoms with Crippen LogP contribution in [0.3, 0.4) is 0 Å². The number of carbonyl (C=O) groups excluding carboxylic acids is 3. The van der Waals surface area contributed by atoms with Crippen molar-refractivity contribution >= 4 is 52.4 Å². The Hall–Kier alpha value is -4.08. The van der Waals surface area contributed by atoms with Gasteiger partial charge in [-0.2, -0.15) is 5.10 Å². The second-order valence-electron chi connectivity index (χ2n) is 7.20. The van der Waals surface area contributed by atoms with Gasteiger partial charge in [0.25, 0.3) is 0 Å². The largest absolute Gasteiger partial charge is 0.497 e. The molecule has 0 spiro atoms. The molecule has 11 heteroatoms. The summed E-state index contributed by atoms with van der Waals surface area (Å²) < 4.78 is 15.9. The third-order valence-electron chi connectivity index (χ3n) is 4.80. The van der Waals surface area contributed by atoms with Crippen molar-refractivity contribution in [3.63, 3.8) is 0 Å². The Balaban J connectivity index is 1.68. The van der Waals surface area contributed by atoms with Crippen LogP contribution in [0.15, 0.2) is 65.8 Å². The molecule has 3 rings (SSSR count). The molecule has 186 valence electrons. The Kier molecular flexibility index (Phi) is 8.88. The number of halogens is 2. The van der Waals surface area contributed by atoms with Crippen LogP contribution in [0, 0.1) is 0 Å². The molecule has 9 nitrogen and oxygen atoms in total. The fourth-order valence-electron chi connectivity index (χ4n) is 2.91. The van der Waals surface area contributed by atoms with E-state index in [9.17, 15) is 14.4 Å². The van der Waals surface area contributed by atoms with Gasteiger partial charge in [-0.15, -0.1) is 0 Å². The van der Waals surface area contributed by atoms with Crippen molar-refractivity contribution < 1.29 is 28.6 Å². The van der Waals surface area contributed by atoms with Gasteiger partial charge in [0.2, 0.25) is 0 Å². The van der Waals surface area contributed by atoms with Gasteiger partial charge in [0.1, 0.15) is 5.75 Å². The zero-order valence-corrected chi connectivity index (χ0v) is 20.9. The minimum absolute atomic E-state index is 0.184. The molecule has 2 amide bonds. The molecule has 0 fully saturated rings. The summed E-state index contributed by atoms with van der Waals surface area (Å²) in [7, 11) is 2.92. The first kappa shape index (κ1) is 26.5. The number of hydrogen-bond acceptors (Lipinski definition) is 7. The van der Waals surface area contributed by atoms with E-state index in [1.165, 1.54) is 32.4 Å². The van der Waals surface area contributed by atoms with Crippen LogP contribution in [0.5, 0.6) is 17.2 Å². The second-order valence-corrected chi connectivity index (χ2v) is 8.05. The van der Waals surface area contributed by atoms with Crippen LogP contribution in [0.25, 0.3) is 0 Å². The molecule has 0 aromatic heterocycles. The number of hydrazone groups is 1. The number of amides is 2. The number of methoxy groups -OCH3 is 2. The van der Waals surface area contributed by atoms with Crippen LogP contribution in [-0.2, 0) is 9.59 Å². The molecule has 0 radical (unpaired) electrons. The van der Waals surface area contributed by atoms with E-state index in [2.05, 4.69) is 15.8 Å². The molecular weight excluding hydrogens is 509 g/mol. The number of anilines is 1. The maximum absolute atomic E-state index is 12.5. The molecule has 0 saturated carbocycles. The molecule has 36 heavy (non-hydrogen) atoms. The Labute approximate surface area is 216 Å². The average Bonchev–Trinajstić information content (AvgIpc) is 2.89.